The van der Waals surface area contributed by atoms with Crippen LogP contribution >= 0.6 is 0 Å². The van der Waals surface area contributed by atoms with Crippen LogP contribution in [-0.2, 0) is 11.3 Å². The number of carbonyl (C=O) groups is 1. The van der Waals surface area contributed by atoms with Crippen molar-refractivity contribution in [3.63, 3.8) is 0 Å². The number of imidazole rings is 1. The Morgan fingerprint density at radius 2 is 2.08 bits per heavy atom. The fourth-order valence-corrected chi connectivity index (χ4v) is 4.43. The van der Waals surface area contributed by atoms with Crippen molar-refractivity contribution in [1.82, 2.24) is 23.8 Å². The fraction of sp³-hybridized carbons (Fsp3) is 0.368. The van der Waals surface area contributed by atoms with E-state index < -0.39 is 0 Å². The summed E-state index contributed by atoms with van der Waals surface area (Å²) in [5.74, 6) is 0.667. The lowest BCUT2D eigenvalue weighted by Crippen LogP contribution is -2.48. The third kappa shape index (κ3) is 2.27. The fourth-order valence-electron chi connectivity index (χ4n) is 4.43. The quantitative estimate of drug-likeness (QED) is 0.668. The van der Waals surface area contributed by atoms with Gasteiger partial charge in [-0.1, -0.05) is 0 Å². The lowest BCUT2D eigenvalue weighted by Gasteiger charge is -2.42. The molecule has 7 nitrogen and oxygen atoms in total. The molecule has 0 unspecified atom stereocenters. The molecule has 0 spiro atoms. The molecule has 2 bridgehead atoms. The van der Waals surface area contributed by atoms with Crippen LogP contribution in [0.5, 0.6) is 0 Å². The van der Waals surface area contributed by atoms with Gasteiger partial charge in [-0.3, -0.25) is 19.0 Å². The molecule has 1 fully saturated rings. The molecular formula is C19H19N5O2. The van der Waals surface area contributed by atoms with E-state index in [4.69, 9.17) is 0 Å². The predicted molar refractivity (Wildman–Crippen MR) is 95.8 cm³/mol. The monoisotopic (exact) mass is 349 g/mol. The molecule has 1 saturated heterocycles. The Morgan fingerprint density at radius 3 is 2.92 bits per heavy atom. The molecule has 5 rings (SSSR count). The summed E-state index contributed by atoms with van der Waals surface area (Å²) < 4.78 is 3.83. The van der Waals surface area contributed by atoms with Gasteiger partial charge in [0.1, 0.15) is 0 Å². The molecule has 2 aliphatic rings. The number of carbonyl (C=O) groups excluding carboxylic acids is 1. The number of aromatic nitrogens is 4. The Labute approximate surface area is 149 Å². The number of fused-ring (bicyclic) bond motifs is 5. The van der Waals surface area contributed by atoms with Crippen molar-refractivity contribution in [3.8, 4) is 11.3 Å². The molecule has 2 aliphatic heterocycles. The first-order valence-electron chi connectivity index (χ1n) is 8.88. The lowest BCUT2D eigenvalue weighted by molar-refractivity contribution is -0.131. The Balaban J connectivity index is 1.65. The number of piperidine rings is 1. The maximum absolute atomic E-state index is 12.8. The summed E-state index contributed by atoms with van der Waals surface area (Å²) in [5.41, 5.74) is 3.48. The van der Waals surface area contributed by atoms with Crippen LogP contribution in [0.3, 0.4) is 0 Å². The molecule has 0 saturated carbocycles. The van der Waals surface area contributed by atoms with Crippen molar-refractivity contribution in [1.29, 1.82) is 0 Å². The summed E-state index contributed by atoms with van der Waals surface area (Å²) in [6.07, 6.45) is 8.08. The van der Waals surface area contributed by atoms with Crippen LogP contribution in [0.2, 0.25) is 0 Å². The number of likely N-dealkylation sites (tertiary alicyclic amines) is 1. The van der Waals surface area contributed by atoms with Crippen LogP contribution < -0.4 is 5.56 Å². The Morgan fingerprint density at radius 1 is 1.19 bits per heavy atom. The summed E-state index contributed by atoms with van der Waals surface area (Å²) in [5, 5.41) is 0. The van der Waals surface area contributed by atoms with Crippen molar-refractivity contribution < 1.29 is 4.79 Å². The SMILES string of the molecule is CC(=O)N1C[C@@H]2C[C@H](C1)c1cc(-c3cncc4nccn34)cc(=O)n1C2. The Hall–Kier alpha value is -2.96. The van der Waals surface area contributed by atoms with Gasteiger partial charge >= 0.3 is 0 Å². The standard InChI is InChI=1S/C19H19N5O2/c1-12(25)22-9-13-4-15(11-22)16-5-14(6-19(26)24(16)10-13)17-7-20-8-18-21-2-3-23(17)18/h2-3,5-8,13,15H,4,9-11H2,1H3/t13-,15+/m0/s1. The summed E-state index contributed by atoms with van der Waals surface area (Å²) in [6, 6.07) is 3.77. The molecular weight excluding hydrogens is 330 g/mol. The van der Waals surface area contributed by atoms with Crippen LogP contribution in [0.15, 0.2) is 41.7 Å². The number of nitrogens with zero attached hydrogens (tertiary/aromatic N) is 5. The molecule has 3 aromatic heterocycles. The largest absolute Gasteiger partial charge is 0.342 e. The molecule has 0 aromatic carbocycles. The molecule has 0 radical (unpaired) electrons. The van der Waals surface area contributed by atoms with E-state index in [1.54, 1.807) is 31.6 Å². The van der Waals surface area contributed by atoms with E-state index in [1.165, 1.54) is 0 Å². The molecule has 5 heterocycles. The first-order chi connectivity index (χ1) is 12.6. The van der Waals surface area contributed by atoms with Crippen LogP contribution in [0.4, 0.5) is 0 Å². The number of amides is 1. The van der Waals surface area contributed by atoms with E-state index in [-0.39, 0.29) is 17.4 Å². The number of rotatable bonds is 1. The number of hydrogen-bond donors (Lipinski definition) is 0. The van der Waals surface area contributed by atoms with E-state index in [9.17, 15) is 9.59 Å². The van der Waals surface area contributed by atoms with Crippen molar-refractivity contribution >= 4 is 11.6 Å². The molecule has 7 heteroatoms. The van der Waals surface area contributed by atoms with Gasteiger partial charge in [-0.15, -0.1) is 0 Å². The van der Waals surface area contributed by atoms with Crippen LogP contribution in [0, 0.1) is 5.92 Å². The van der Waals surface area contributed by atoms with Crippen molar-refractivity contribution in [2.45, 2.75) is 25.8 Å². The minimum atomic E-state index is 0.0144. The topological polar surface area (TPSA) is 72.5 Å². The third-order valence-electron chi connectivity index (χ3n) is 5.61. The Kier molecular flexibility index (Phi) is 3.25. The summed E-state index contributed by atoms with van der Waals surface area (Å²) in [6.45, 7) is 3.73. The van der Waals surface area contributed by atoms with Crippen LogP contribution in [-0.4, -0.2) is 42.8 Å². The minimum absolute atomic E-state index is 0.0144. The normalized spacial score (nSPS) is 21.7. The molecule has 26 heavy (non-hydrogen) atoms. The minimum Gasteiger partial charge on any atom is -0.342 e. The third-order valence-corrected chi connectivity index (χ3v) is 5.61. The highest BCUT2D eigenvalue weighted by atomic mass is 16.2. The number of hydrogen-bond acceptors (Lipinski definition) is 4. The molecule has 3 aromatic rings. The highest BCUT2D eigenvalue weighted by Crippen LogP contribution is 2.36. The van der Waals surface area contributed by atoms with E-state index in [2.05, 4.69) is 16.0 Å². The van der Waals surface area contributed by atoms with Crippen molar-refractivity contribution in [2.75, 3.05) is 13.1 Å². The van der Waals surface area contributed by atoms with Crippen LogP contribution in [0.1, 0.15) is 25.0 Å². The molecule has 1 amide bonds. The van der Waals surface area contributed by atoms with Gasteiger partial charge in [-0.05, 0) is 18.4 Å². The summed E-state index contributed by atoms with van der Waals surface area (Å²) >= 11 is 0. The smallest absolute Gasteiger partial charge is 0.251 e. The molecule has 132 valence electrons. The van der Waals surface area contributed by atoms with E-state index in [0.29, 0.717) is 19.0 Å². The average molecular weight is 349 g/mol. The number of pyridine rings is 1. The second kappa shape index (κ2) is 5.52. The van der Waals surface area contributed by atoms with Gasteiger partial charge in [0.15, 0.2) is 5.65 Å². The molecule has 2 atom stereocenters. The van der Waals surface area contributed by atoms with E-state index in [1.807, 2.05) is 20.1 Å². The molecule has 0 N–H and O–H groups in total. The van der Waals surface area contributed by atoms with Gasteiger partial charge in [0.25, 0.3) is 5.56 Å². The maximum Gasteiger partial charge on any atom is 0.251 e. The first kappa shape index (κ1) is 15.3. The lowest BCUT2D eigenvalue weighted by atomic mass is 9.82. The Bertz CT molecular complexity index is 1080. The van der Waals surface area contributed by atoms with Gasteiger partial charge in [0.05, 0.1) is 18.1 Å². The van der Waals surface area contributed by atoms with Gasteiger partial charge < -0.3 is 9.47 Å². The predicted octanol–water partition coefficient (Wildman–Crippen LogP) is 1.52. The highest BCUT2D eigenvalue weighted by Gasteiger charge is 2.35. The van der Waals surface area contributed by atoms with Gasteiger partial charge in [0.2, 0.25) is 5.91 Å². The highest BCUT2D eigenvalue weighted by molar-refractivity contribution is 5.73. The summed E-state index contributed by atoms with van der Waals surface area (Å²) in [4.78, 5) is 35.1. The van der Waals surface area contributed by atoms with Gasteiger partial charge in [0, 0.05) is 62.2 Å². The second-order valence-corrected chi connectivity index (χ2v) is 7.29. The zero-order valence-electron chi connectivity index (χ0n) is 14.5. The van der Waals surface area contributed by atoms with Gasteiger partial charge in [-0.2, -0.15) is 0 Å². The first-order valence-corrected chi connectivity index (χ1v) is 8.88. The zero-order chi connectivity index (χ0) is 17.8. The van der Waals surface area contributed by atoms with E-state index in [0.717, 1.165) is 35.6 Å². The van der Waals surface area contributed by atoms with Crippen molar-refractivity contribution in [3.05, 3.63) is 53.0 Å². The average Bonchev–Trinajstić information content (AvgIpc) is 3.11. The summed E-state index contributed by atoms with van der Waals surface area (Å²) in [7, 11) is 0. The zero-order valence-corrected chi connectivity index (χ0v) is 14.5. The second-order valence-electron chi connectivity index (χ2n) is 7.29. The van der Waals surface area contributed by atoms with Gasteiger partial charge in [-0.25, -0.2) is 4.98 Å². The maximum atomic E-state index is 12.8. The van der Waals surface area contributed by atoms with E-state index >= 15 is 0 Å². The van der Waals surface area contributed by atoms with Crippen LogP contribution in [0.25, 0.3) is 16.9 Å². The molecule has 0 aliphatic carbocycles. The van der Waals surface area contributed by atoms with Crippen molar-refractivity contribution in [2.24, 2.45) is 5.92 Å².